The van der Waals surface area contributed by atoms with E-state index in [0.717, 1.165) is 6.08 Å². The van der Waals surface area contributed by atoms with E-state index < -0.39 is 30.3 Å². The molecule has 2 aliphatic carbocycles. The average Bonchev–Trinajstić information content (AvgIpc) is 3.23. The van der Waals surface area contributed by atoms with Crippen LogP contribution in [0.15, 0.2) is 24.3 Å². The molecule has 1 fully saturated rings. The van der Waals surface area contributed by atoms with Gasteiger partial charge in [-0.05, 0) is 31.0 Å². The van der Waals surface area contributed by atoms with Crippen LogP contribution in [0.5, 0.6) is 5.75 Å². The molecule has 10 heteroatoms. The second-order valence-corrected chi connectivity index (χ2v) is 6.25. The Balaban J connectivity index is 0.000000269. The van der Waals surface area contributed by atoms with E-state index in [9.17, 15) is 40.2 Å². The summed E-state index contributed by atoms with van der Waals surface area (Å²) in [6.07, 6.45) is -7.37. The van der Waals surface area contributed by atoms with Gasteiger partial charge in [0.25, 0.3) is 0 Å². The number of aliphatic hydroxyl groups is 1. The summed E-state index contributed by atoms with van der Waals surface area (Å²) in [5.41, 5.74) is 0.139. The highest BCUT2D eigenvalue weighted by Gasteiger charge is 2.57. The predicted octanol–water partition coefficient (Wildman–Crippen LogP) is 6.24. The van der Waals surface area contributed by atoms with Crippen LogP contribution in [0, 0.1) is 6.92 Å². The van der Waals surface area contributed by atoms with E-state index in [1.807, 2.05) is 0 Å². The smallest absolute Gasteiger partial charge is 0.409 e. The fourth-order valence-electron chi connectivity index (χ4n) is 2.33. The molecule has 0 saturated heterocycles. The molecule has 0 aliphatic heterocycles. The highest BCUT2D eigenvalue weighted by atomic mass is 19.4. The van der Waals surface area contributed by atoms with Crippen molar-refractivity contribution >= 4 is 0 Å². The van der Waals surface area contributed by atoms with E-state index in [-0.39, 0.29) is 35.8 Å². The molecule has 28 heavy (non-hydrogen) atoms. The standard InChI is InChI=1S/C11H11F3O2.C4H5F3.C3H4F2/c1-5-3-4-6(16-2)8-7(5)10(15)11(13,14)9(8)12;1-2-3-4(5,6)7;4-3(5)1-2-3/h3-4,9-10,15H,1-2H3;2-3H,1H3;1-2H2/b;3-2+;. The van der Waals surface area contributed by atoms with Gasteiger partial charge in [0, 0.05) is 24.5 Å². The first-order valence-electron chi connectivity index (χ1n) is 8.13. The van der Waals surface area contributed by atoms with Crippen molar-refractivity contribution in [2.24, 2.45) is 0 Å². The summed E-state index contributed by atoms with van der Waals surface area (Å²) in [6.45, 7) is 2.88. The molecule has 3 rings (SSSR count). The van der Waals surface area contributed by atoms with E-state index in [4.69, 9.17) is 4.74 Å². The first-order chi connectivity index (χ1) is 12.7. The number of methoxy groups -OCH3 is 1. The van der Waals surface area contributed by atoms with Crippen LogP contribution in [0.3, 0.4) is 0 Å². The Morgan fingerprint density at radius 2 is 1.61 bits per heavy atom. The molecule has 1 aromatic rings. The molecule has 0 amide bonds. The van der Waals surface area contributed by atoms with Crippen LogP contribution in [-0.2, 0) is 0 Å². The third kappa shape index (κ3) is 6.08. The lowest BCUT2D eigenvalue weighted by molar-refractivity contribution is -0.143. The zero-order chi connectivity index (χ0) is 21.9. The first kappa shape index (κ1) is 24.2. The van der Waals surface area contributed by atoms with E-state index in [1.54, 1.807) is 6.92 Å². The zero-order valence-electron chi connectivity index (χ0n) is 15.3. The average molecular weight is 420 g/mol. The number of benzene rings is 1. The van der Waals surface area contributed by atoms with Gasteiger partial charge in [0.15, 0.2) is 6.17 Å². The second kappa shape index (κ2) is 8.67. The summed E-state index contributed by atoms with van der Waals surface area (Å²) in [6, 6.07) is 2.95. The van der Waals surface area contributed by atoms with E-state index in [2.05, 4.69) is 0 Å². The minimum Gasteiger partial charge on any atom is -0.496 e. The minimum atomic E-state index is -4.13. The SMILES string of the molecule is C/C=C/C(F)(F)F.COc1ccc(C)c2c1C(F)C(F)(F)C2O.FC1(F)CC1. The van der Waals surface area contributed by atoms with Crippen molar-refractivity contribution < 1.29 is 45.0 Å². The summed E-state index contributed by atoms with van der Waals surface area (Å²) in [5.74, 6) is -5.99. The maximum absolute atomic E-state index is 13.6. The molecule has 2 unspecified atom stereocenters. The van der Waals surface area contributed by atoms with Crippen LogP contribution in [0.25, 0.3) is 0 Å². The third-order valence-electron chi connectivity index (χ3n) is 3.90. The minimum absolute atomic E-state index is 0.0457. The van der Waals surface area contributed by atoms with Crippen molar-refractivity contribution in [2.75, 3.05) is 7.11 Å². The Morgan fingerprint density at radius 3 is 1.93 bits per heavy atom. The largest absolute Gasteiger partial charge is 0.496 e. The van der Waals surface area contributed by atoms with Gasteiger partial charge in [-0.2, -0.15) is 22.0 Å². The van der Waals surface area contributed by atoms with Gasteiger partial charge in [-0.25, -0.2) is 13.2 Å². The van der Waals surface area contributed by atoms with Gasteiger partial charge in [-0.15, -0.1) is 0 Å². The Hall–Kier alpha value is -1.84. The summed E-state index contributed by atoms with van der Waals surface area (Å²) in [7, 11) is 1.28. The van der Waals surface area contributed by atoms with Crippen molar-refractivity contribution in [3.05, 3.63) is 41.0 Å². The van der Waals surface area contributed by atoms with Crippen LogP contribution in [-0.4, -0.2) is 30.2 Å². The van der Waals surface area contributed by atoms with Gasteiger partial charge >= 0.3 is 12.1 Å². The summed E-state index contributed by atoms with van der Waals surface area (Å²) in [4.78, 5) is 0. The van der Waals surface area contributed by atoms with Gasteiger partial charge in [-0.1, -0.05) is 12.1 Å². The van der Waals surface area contributed by atoms with E-state index >= 15 is 0 Å². The number of aryl methyl sites for hydroxylation is 1. The molecule has 1 aromatic carbocycles. The molecule has 2 atom stereocenters. The number of halogens is 8. The first-order valence-corrected chi connectivity index (χ1v) is 8.13. The zero-order valence-corrected chi connectivity index (χ0v) is 15.3. The van der Waals surface area contributed by atoms with Gasteiger partial charge in [0.2, 0.25) is 5.92 Å². The number of aliphatic hydroxyl groups excluding tert-OH is 1. The van der Waals surface area contributed by atoms with Crippen LogP contribution in [0.1, 0.15) is 48.7 Å². The predicted molar refractivity (Wildman–Crippen MR) is 86.5 cm³/mol. The highest BCUT2D eigenvalue weighted by Crippen LogP contribution is 2.56. The van der Waals surface area contributed by atoms with Gasteiger partial charge in [0.1, 0.15) is 11.9 Å². The fraction of sp³-hybridized carbons (Fsp3) is 0.556. The van der Waals surface area contributed by atoms with Crippen molar-refractivity contribution in [3.63, 3.8) is 0 Å². The normalized spacial score (nSPS) is 23.9. The number of hydrogen-bond acceptors (Lipinski definition) is 2. The van der Waals surface area contributed by atoms with Crippen LogP contribution < -0.4 is 4.74 Å². The van der Waals surface area contributed by atoms with E-state index in [1.165, 1.54) is 26.2 Å². The van der Waals surface area contributed by atoms with Crippen LogP contribution >= 0.6 is 0 Å². The van der Waals surface area contributed by atoms with Crippen molar-refractivity contribution in [1.82, 2.24) is 0 Å². The summed E-state index contributed by atoms with van der Waals surface area (Å²) >= 11 is 0. The van der Waals surface area contributed by atoms with Gasteiger partial charge < -0.3 is 9.84 Å². The number of alkyl halides is 8. The molecular formula is C18H20F8O2. The summed E-state index contributed by atoms with van der Waals surface area (Å²) < 4.78 is 100. The molecule has 1 saturated carbocycles. The number of hydrogen-bond donors (Lipinski definition) is 1. The Labute approximate surface area is 156 Å². The summed E-state index contributed by atoms with van der Waals surface area (Å²) in [5, 5.41) is 9.43. The highest BCUT2D eigenvalue weighted by molar-refractivity contribution is 5.52. The van der Waals surface area contributed by atoms with Crippen molar-refractivity contribution in [1.29, 1.82) is 0 Å². The Kier molecular flexibility index (Phi) is 7.49. The molecule has 160 valence electrons. The molecule has 1 N–H and O–H groups in total. The van der Waals surface area contributed by atoms with Crippen molar-refractivity contribution in [3.8, 4) is 5.75 Å². The third-order valence-corrected chi connectivity index (χ3v) is 3.90. The molecule has 2 nitrogen and oxygen atoms in total. The second-order valence-electron chi connectivity index (χ2n) is 6.25. The van der Waals surface area contributed by atoms with Gasteiger partial charge in [-0.3, -0.25) is 0 Å². The number of fused-ring (bicyclic) bond motifs is 1. The lowest BCUT2D eigenvalue weighted by Gasteiger charge is -2.16. The maximum Gasteiger partial charge on any atom is 0.409 e. The number of rotatable bonds is 1. The topological polar surface area (TPSA) is 29.5 Å². The Bertz CT molecular complexity index is 692. The quantitative estimate of drug-likeness (QED) is 0.431. The van der Waals surface area contributed by atoms with Crippen molar-refractivity contribution in [2.45, 2.75) is 57.0 Å². The lowest BCUT2D eigenvalue weighted by atomic mass is 10.0. The molecule has 2 aliphatic rings. The molecule has 0 heterocycles. The van der Waals surface area contributed by atoms with Crippen LogP contribution in [0.4, 0.5) is 35.1 Å². The molecule has 0 aromatic heterocycles. The molecule has 0 radical (unpaired) electrons. The Morgan fingerprint density at radius 1 is 1.11 bits per heavy atom. The number of ether oxygens (including phenoxy) is 1. The van der Waals surface area contributed by atoms with Gasteiger partial charge in [0.05, 0.1) is 7.11 Å². The number of allylic oxidation sites excluding steroid dienone is 2. The molecular weight excluding hydrogens is 400 g/mol. The van der Waals surface area contributed by atoms with Crippen LogP contribution in [0.2, 0.25) is 0 Å². The molecule has 0 spiro atoms. The fourth-order valence-corrected chi connectivity index (χ4v) is 2.33. The monoisotopic (exact) mass is 420 g/mol. The molecule has 0 bridgehead atoms. The maximum atomic E-state index is 13.6. The van der Waals surface area contributed by atoms with E-state index in [0.29, 0.717) is 5.56 Å². The lowest BCUT2D eigenvalue weighted by Crippen LogP contribution is -2.24.